The lowest BCUT2D eigenvalue weighted by Crippen LogP contribution is -2.36. The van der Waals surface area contributed by atoms with E-state index in [-0.39, 0.29) is 0 Å². The minimum absolute atomic E-state index is 0.563. The molecule has 0 spiro atoms. The highest BCUT2D eigenvalue weighted by Crippen LogP contribution is 2.12. The van der Waals surface area contributed by atoms with Gasteiger partial charge in [-0.15, -0.1) is 0 Å². The molecule has 2 rings (SSSR count). The lowest BCUT2D eigenvalue weighted by Gasteiger charge is -2.19. The summed E-state index contributed by atoms with van der Waals surface area (Å²) in [6.45, 7) is 4.41. The van der Waals surface area contributed by atoms with Gasteiger partial charge in [0.2, 0.25) is 0 Å². The van der Waals surface area contributed by atoms with Crippen molar-refractivity contribution in [3.63, 3.8) is 0 Å². The molecule has 1 aromatic rings. The zero-order valence-electron chi connectivity index (χ0n) is 10.2. The van der Waals surface area contributed by atoms with Crippen LogP contribution in [-0.2, 0) is 6.42 Å². The van der Waals surface area contributed by atoms with Crippen LogP contribution in [0.5, 0.6) is 0 Å². The van der Waals surface area contributed by atoms with Crippen LogP contribution in [0.1, 0.15) is 30.9 Å². The van der Waals surface area contributed by atoms with E-state index in [9.17, 15) is 0 Å². The Hall–Kier alpha value is -1.08. The van der Waals surface area contributed by atoms with Crippen molar-refractivity contribution < 1.29 is 0 Å². The first-order chi connectivity index (χ1) is 7.74. The van der Waals surface area contributed by atoms with Crippen molar-refractivity contribution in [2.45, 2.75) is 45.2 Å². The molecule has 0 radical (unpaired) electrons. The highest BCUT2D eigenvalue weighted by molar-refractivity contribution is 5.22. The van der Waals surface area contributed by atoms with Gasteiger partial charge < -0.3 is 5.32 Å². The molecule has 1 aromatic carbocycles. The molecule has 0 fully saturated rings. The van der Waals surface area contributed by atoms with Gasteiger partial charge in [-0.25, -0.2) is 0 Å². The first kappa shape index (κ1) is 11.4. The molecule has 0 amide bonds. The van der Waals surface area contributed by atoms with Gasteiger partial charge in [0, 0.05) is 12.1 Å². The minimum atomic E-state index is 0.563. The van der Waals surface area contributed by atoms with Gasteiger partial charge in [0.05, 0.1) is 0 Å². The summed E-state index contributed by atoms with van der Waals surface area (Å²) in [7, 11) is 0. The first-order valence-corrected chi connectivity index (χ1v) is 6.20. The third-order valence-electron chi connectivity index (χ3n) is 3.19. The van der Waals surface area contributed by atoms with Crippen LogP contribution in [0, 0.1) is 6.92 Å². The Bertz CT molecular complexity index is 342. The van der Waals surface area contributed by atoms with Gasteiger partial charge in [-0.2, -0.15) is 0 Å². The normalized spacial score (nSPS) is 17.9. The van der Waals surface area contributed by atoms with Crippen LogP contribution in [0.15, 0.2) is 36.4 Å². The molecule has 0 saturated carbocycles. The SMILES string of the molecule is Cc1ccc(CC(C)NC2CC=CC2)cc1. The standard InChI is InChI=1S/C15H21N/c1-12-7-9-14(10-8-12)11-13(2)16-15-5-3-4-6-15/h3-4,7-10,13,15-16H,5-6,11H2,1-2H3. The Kier molecular flexibility index (Phi) is 3.79. The molecule has 1 unspecified atom stereocenters. The predicted octanol–water partition coefficient (Wildman–Crippen LogP) is 3.23. The molecule has 16 heavy (non-hydrogen) atoms. The van der Waals surface area contributed by atoms with Crippen molar-refractivity contribution in [1.29, 1.82) is 0 Å². The summed E-state index contributed by atoms with van der Waals surface area (Å²) in [5, 5.41) is 3.68. The molecule has 0 saturated heterocycles. The van der Waals surface area contributed by atoms with E-state index in [1.807, 2.05) is 0 Å². The second kappa shape index (κ2) is 5.31. The average molecular weight is 215 g/mol. The van der Waals surface area contributed by atoms with Crippen LogP contribution in [-0.4, -0.2) is 12.1 Å². The molecule has 1 heteroatoms. The van der Waals surface area contributed by atoms with Gasteiger partial charge in [-0.05, 0) is 38.7 Å². The van der Waals surface area contributed by atoms with Crippen molar-refractivity contribution >= 4 is 0 Å². The first-order valence-electron chi connectivity index (χ1n) is 6.20. The van der Waals surface area contributed by atoms with E-state index in [0.29, 0.717) is 12.1 Å². The third kappa shape index (κ3) is 3.21. The maximum atomic E-state index is 3.68. The lowest BCUT2D eigenvalue weighted by molar-refractivity contribution is 0.457. The van der Waals surface area contributed by atoms with Crippen molar-refractivity contribution in [3.05, 3.63) is 47.5 Å². The summed E-state index contributed by atoms with van der Waals surface area (Å²) in [5.41, 5.74) is 2.76. The van der Waals surface area contributed by atoms with Gasteiger partial charge in [-0.3, -0.25) is 0 Å². The fraction of sp³-hybridized carbons (Fsp3) is 0.467. The molecule has 1 nitrogen and oxygen atoms in total. The zero-order valence-corrected chi connectivity index (χ0v) is 10.2. The summed E-state index contributed by atoms with van der Waals surface area (Å²) in [5.74, 6) is 0. The Morgan fingerprint density at radius 2 is 1.81 bits per heavy atom. The Morgan fingerprint density at radius 3 is 2.44 bits per heavy atom. The van der Waals surface area contributed by atoms with E-state index in [2.05, 4.69) is 55.6 Å². The van der Waals surface area contributed by atoms with Gasteiger partial charge in [0.1, 0.15) is 0 Å². The summed E-state index contributed by atoms with van der Waals surface area (Å²) < 4.78 is 0. The number of hydrogen-bond acceptors (Lipinski definition) is 1. The van der Waals surface area contributed by atoms with Crippen LogP contribution in [0.4, 0.5) is 0 Å². The van der Waals surface area contributed by atoms with E-state index in [0.717, 1.165) is 6.42 Å². The molecule has 0 heterocycles. The lowest BCUT2D eigenvalue weighted by atomic mass is 10.0. The molecule has 1 aliphatic rings. The molecular formula is C15H21N. The number of hydrogen-bond donors (Lipinski definition) is 1. The second-order valence-corrected chi connectivity index (χ2v) is 4.90. The number of nitrogens with one attached hydrogen (secondary N) is 1. The van der Waals surface area contributed by atoms with Crippen LogP contribution >= 0.6 is 0 Å². The molecule has 1 atom stereocenters. The molecular weight excluding hydrogens is 194 g/mol. The molecule has 0 bridgehead atoms. The minimum Gasteiger partial charge on any atom is -0.311 e. The molecule has 0 aliphatic heterocycles. The molecule has 1 N–H and O–H groups in total. The van der Waals surface area contributed by atoms with Crippen LogP contribution in [0.2, 0.25) is 0 Å². The Morgan fingerprint density at radius 1 is 1.19 bits per heavy atom. The van der Waals surface area contributed by atoms with Gasteiger partial charge >= 0.3 is 0 Å². The number of aryl methyl sites for hydroxylation is 1. The van der Waals surface area contributed by atoms with Crippen LogP contribution < -0.4 is 5.32 Å². The fourth-order valence-electron chi connectivity index (χ4n) is 2.29. The van der Waals surface area contributed by atoms with E-state index in [4.69, 9.17) is 0 Å². The maximum Gasteiger partial charge on any atom is 0.0139 e. The highest BCUT2D eigenvalue weighted by Gasteiger charge is 2.12. The van der Waals surface area contributed by atoms with E-state index >= 15 is 0 Å². The van der Waals surface area contributed by atoms with Gasteiger partial charge in [0.25, 0.3) is 0 Å². The highest BCUT2D eigenvalue weighted by atomic mass is 14.9. The van der Waals surface area contributed by atoms with E-state index in [1.165, 1.54) is 24.0 Å². The van der Waals surface area contributed by atoms with Crippen LogP contribution in [0.25, 0.3) is 0 Å². The fourth-order valence-corrected chi connectivity index (χ4v) is 2.29. The van der Waals surface area contributed by atoms with Crippen molar-refractivity contribution in [2.24, 2.45) is 0 Å². The Labute approximate surface area is 98.6 Å². The quantitative estimate of drug-likeness (QED) is 0.760. The largest absolute Gasteiger partial charge is 0.311 e. The summed E-state index contributed by atoms with van der Waals surface area (Å²) in [4.78, 5) is 0. The Balaban J connectivity index is 1.82. The summed E-state index contributed by atoms with van der Waals surface area (Å²) >= 11 is 0. The van der Waals surface area contributed by atoms with Crippen molar-refractivity contribution in [1.82, 2.24) is 5.32 Å². The number of benzene rings is 1. The average Bonchev–Trinajstić information content (AvgIpc) is 2.74. The summed E-state index contributed by atoms with van der Waals surface area (Å²) in [6.07, 6.45) is 8.06. The maximum absolute atomic E-state index is 3.68. The number of rotatable bonds is 4. The monoisotopic (exact) mass is 215 g/mol. The van der Waals surface area contributed by atoms with E-state index < -0.39 is 0 Å². The smallest absolute Gasteiger partial charge is 0.0139 e. The predicted molar refractivity (Wildman–Crippen MR) is 69.6 cm³/mol. The molecule has 0 aromatic heterocycles. The third-order valence-corrected chi connectivity index (χ3v) is 3.19. The zero-order chi connectivity index (χ0) is 11.4. The topological polar surface area (TPSA) is 12.0 Å². The second-order valence-electron chi connectivity index (χ2n) is 4.90. The molecule has 86 valence electrons. The van der Waals surface area contributed by atoms with Crippen molar-refractivity contribution in [3.8, 4) is 0 Å². The van der Waals surface area contributed by atoms with Gasteiger partial charge in [0.15, 0.2) is 0 Å². The summed E-state index contributed by atoms with van der Waals surface area (Å²) in [6, 6.07) is 10.1. The van der Waals surface area contributed by atoms with Gasteiger partial charge in [-0.1, -0.05) is 42.0 Å². The van der Waals surface area contributed by atoms with E-state index in [1.54, 1.807) is 0 Å². The van der Waals surface area contributed by atoms with Crippen molar-refractivity contribution in [2.75, 3.05) is 0 Å². The van der Waals surface area contributed by atoms with Crippen LogP contribution in [0.3, 0.4) is 0 Å². The molecule has 1 aliphatic carbocycles.